The first-order chi connectivity index (χ1) is 17.1. The van der Waals surface area contributed by atoms with Gasteiger partial charge in [-0.1, -0.05) is 12.2 Å². The van der Waals surface area contributed by atoms with Crippen LogP contribution in [-0.4, -0.2) is 4.98 Å². The lowest BCUT2D eigenvalue weighted by Gasteiger charge is -2.04. The second kappa shape index (κ2) is 10.2. The van der Waals surface area contributed by atoms with Gasteiger partial charge < -0.3 is 13.8 Å². The summed E-state index contributed by atoms with van der Waals surface area (Å²) in [6.07, 6.45) is 11.3. The zero-order valence-corrected chi connectivity index (χ0v) is 18.2. The van der Waals surface area contributed by atoms with Gasteiger partial charge in [-0.25, -0.2) is 20.2 Å². The van der Waals surface area contributed by atoms with Crippen molar-refractivity contribution >= 4 is 23.1 Å². The van der Waals surface area contributed by atoms with E-state index in [0.717, 1.165) is 22.0 Å². The minimum atomic E-state index is -0.00518. The van der Waals surface area contributed by atoms with Crippen molar-refractivity contribution < 1.29 is 8.83 Å². The standard InChI is InChI=1S/C28H15N5O2/c1-31-21(17-29)5-3-7-23-9-11-26(34-23)20-15-19-13-14-33-28(19)25(16-20)27-12-10-24(35-27)8-4-6-22(18-30)32-2/h3-16,33H/b7-3+,8-4+,21-5-,22-6+. The van der Waals surface area contributed by atoms with Crippen molar-refractivity contribution in [3.05, 3.63) is 119 Å². The Balaban J connectivity index is 1.66. The van der Waals surface area contributed by atoms with Gasteiger partial charge in [-0.2, -0.15) is 0 Å². The first-order valence-electron chi connectivity index (χ1n) is 10.3. The van der Waals surface area contributed by atoms with Crippen LogP contribution in [0.4, 0.5) is 0 Å². The van der Waals surface area contributed by atoms with E-state index in [9.17, 15) is 0 Å². The average molecular weight is 453 g/mol. The van der Waals surface area contributed by atoms with E-state index >= 15 is 0 Å². The Morgan fingerprint density at radius 1 is 0.829 bits per heavy atom. The van der Waals surface area contributed by atoms with E-state index in [1.807, 2.05) is 60.8 Å². The zero-order chi connectivity index (χ0) is 24.6. The zero-order valence-electron chi connectivity index (χ0n) is 18.2. The van der Waals surface area contributed by atoms with E-state index in [-0.39, 0.29) is 11.4 Å². The summed E-state index contributed by atoms with van der Waals surface area (Å²) in [7, 11) is 0. The fraction of sp³-hybridized carbons (Fsp3) is 0. The molecule has 7 heteroatoms. The molecule has 0 spiro atoms. The minimum Gasteiger partial charge on any atom is -0.457 e. The van der Waals surface area contributed by atoms with Gasteiger partial charge in [0, 0.05) is 22.7 Å². The van der Waals surface area contributed by atoms with Crippen molar-refractivity contribution in [2.24, 2.45) is 0 Å². The van der Waals surface area contributed by atoms with Crippen molar-refractivity contribution in [1.29, 1.82) is 10.5 Å². The normalized spacial score (nSPS) is 12.0. The highest BCUT2D eigenvalue weighted by Gasteiger charge is 2.13. The lowest BCUT2D eigenvalue weighted by Crippen LogP contribution is -1.82. The molecule has 1 aromatic carbocycles. The second-order valence-electron chi connectivity index (χ2n) is 7.14. The molecule has 3 aromatic heterocycles. The molecule has 7 nitrogen and oxygen atoms in total. The molecule has 0 aliphatic carbocycles. The smallest absolute Gasteiger partial charge is 0.261 e. The van der Waals surface area contributed by atoms with Crippen LogP contribution < -0.4 is 0 Å². The molecule has 0 radical (unpaired) electrons. The molecule has 164 valence electrons. The molecule has 0 bridgehead atoms. The van der Waals surface area contributed by atoms with Gasteiger partial charge in [0.15, 0.2) is 0 Å². The van der Waals surface area contributed by atoms with Crippen LogP contribution in [0.2, 0.25) is 0 Å². The number of nitrogens with zero attached hydrogens (tertiary/aromatic N) is 4. The third-order valence-electron chi connectivity index (χ3n) is 4.96. The first kappa shape index (κ1) is 22.4. The van der Waals surface area contributed by atoms with Crippen LogP contribution in [-0.2, 0) is 0 Å². The number of hydrogen-bond acceptors (Lipinski definition) is 4. The first-order valence-corrected chi connectivity index (χ1v) is 10.3. The van der Waals surface area contributed by atoms with Gasteiger partial charge in [-0.3, -0.25) is 0 Å². The van der Waals surface area contributed by atoms with Gasteiger partial charge in [-0.05, 0) is 66.8 Å². The van der Waals surface area contributed by atoms with E-state index in [1.165, 1.54) is 12.2 Å². The SMILES string of the molecule is [C-]#[N+]/C(C#N)=C\C=C\c1ccc(-c2cc(-c3ccc(/C=C/C=C(\C#N)[N+]#[C-])o3)c3[nH]ccc3c2)o1. The van der Waals surface area contributed by atoms with E-state index in [0.29, 0.717) is 23.0 Å². The van der Waals surface area contributed by atoms with Gasteiger partial charge >= 0.3 is 0 Å². The summed E-state index contributed by atoms with van der Waals surface area (Å²) in [5.74, 6) is 2.47. The summed E-state index contributed by atoms with van der Waals surface area (Å²) in [5.41, 5.74) is 2.61. The topological polar surface area (TPSA) is 98.4 Å². The Labute approximate surface area is 201 Å². The maximum absolute atomic E-state index is 8.83. The van der Waals surface area contributed by atoms with Crippen LogP contribution in [0.15, 0.2) is 93.2 Å². The van der Waals surface area contributed by atoms with Crippen LogP contribution in [0.3, 0.4) is 0 Å². The number of rotatable bonds is 6. The van der Waals surface area contributed by atoms with Crippen molar-refractivity contribution in [3.8, 4) is 34.8 Å². The molecule has 35 heavy (non-hydrogen) atoms. The predicted octanol–water partition coefficient (Wildman–Crippen LogP) is 7.37. The number of allylic oxidation sites excluding steroid dienone is 6. The van der Waals surface area contributed by atoms with Crippen LogP contribution in [0.5, 0.6) is 0 Å². The number of hydrogen-bond donors (Lipinski definition) is 1. The van der Waals surface area contributed by atoms with Gasteiger partial charge in [0.1, 0.15) is 23.0 Å². The van der Waals surface area contributed by atoms with E-state index in [1.54, 1.807) is 24.3 Å². The van der Waals surface area contributed by atoms with Gasteiger partial charge in [0.25, 0.3) is 11.4 Å². The molecule has 0 aliphatic rings. The van der Waals surface area contributed by atoms with Gasteiger partial charge in [-0.15, -0.1) is 0 Å². The van der Waals surface area contributed by atoms with Crippen LogP contribution in [0.25, 0.3) is 55.4 Å². The summed E-state index contributed by atoms with van der Waals surface area (Å²) in [6.45, 7) is 13.8. The number of H-pyrrole nitrogens is 1. The molecular formula is C28H15N5O2. The summed E-state index contributed by atoms with van der Waals surface area (Å²) >= 11 is 0. The number of aromatic nitrogens is 1. The monoisotopic (exact) mass is 453 g/mol. The van der Waals surface area contributed by atoms with E-state index < -0.39 is 0 Å². The Hall–Kier alpha value is -5.76. The molecular weight excluding hydrogens is 438 g/mol. The Bertz CT molecular complexity index is 1660. The summed E-state index contributed by atoms with van der Waals surface area (Å²) in [6, 6.07) is 16.9. The highest BCUT2D eigenvalue weighted by atomic mass is 16.3. The van der Waals surface area contributed by atoms with Crippen molar-refractivity contribution in [1.82, 2.24) is 4.98 Å². The largest absolute Gasteiger partial charge is 0.457 e. The summed E-state index contributed by atoms with van der Waals surface area (Å²) in [5, 5.41) is 18.6. The molecule has 0 atom stereocenters. The van der Waals surface area contributed by atoms with E-state index in [2.05, 4.69) is 14.7 Å². The fourth-order valence-electron chi connectivity index (χ4n) is 3.36. The quantitative estimate of drug-likeness (QED) is 0.187. The number of aromatic amines is 1. The van der Waals surface area contributed by atoms with E-state index in [4.69, 9.17) is 32.5 Å². The molecule has 0 amide bonds. The average Bonchev–Trinajstić information content (AvgIpc) is 3.65. The minimum absolute atomic E-state index is 0.00356. The van der Waals surface area contributed by atoms with Crippen LogP contribution in [0, 0.1) is 35.8 Å². The predicted molar refractivity (Wildman–Crippen MR) is 132 cm³/mol. The molecule has 4 rings (SSSR count). The van der Waals surface area contributed by atoms with Crippen molar-refractivity contribution in [2.45, 2.75) is 0 Å². The number of fused-ring (bicyclic) bond motifs is 1. The number of furan rings is 2. The third-order valence-corrected chi connectivity index (χ3v) is 4.96. The molecule has 1 N–H and O–H groups in total. The maximum atomic E-state index is 8.83. The number of nitriles is 2. The molecule has 0 saturated carbocycles. The second-order valence-corrected chi connectivity index (χ2v) is 7.14. The third kappa shape index (κ3) is 5.02. The molecule has 0 fully saturated rings. The molecule has 4 aromatic rings. The van der Waals surface area contributed by atoms with Crippen molar-refractivity contribution in [2.75, 3.05) is 0 Å². The van der Waals surface area contributed by atoms with Gasteiger partial charge in [0.05, 0.1) is 30.8 Å². The Morgan fingerprint density at radius 2 is 1.43 bits per heavy atom. The Morgan fingerprint density at radius 3 is 2.03 bits per heavy atom. The van der Waals surface area contributed by atoms with Crippen LogP contribution in [0.1, 0.15) is 11.5 Å². The number of benzene rings is 1. The van der Waals surface area contributed by atoms with Crippen molar-refractivity contribution in [3.63, 3.8) is 0 Å². The van der Waals surface area contributed by atoms with Crippen LogP contribution >= 0.6 is 0 Å². The molecule has 0 aliphatic heterocycles. The Kier molecular flexibility index (Phi) is 6.56. The highest BCUT2D eigenvalue weighted by molar-refractivity contribution is 5.96. The maximum Gasteiger partial charge on any atom is 0.261 e. The fourth-order valence-corrected chi connectivity index (χ4v) is 3.36. The highest BCUT2D eigenvalue weighted by Crippen LogP contribution is 2.35. The molecule has 0 unspecified atom stereocenters. The number of nitrogens with one attached hydrogen (secondary N) is 1. The lowest BCUT2D eigenvalue weighted by molar-refractivity contribution is 0.570. The summed E-state index contributed by atoms with van der Waals surface area (Å²) in [4.78, 5) is 9.47. The molecule has 0 saturated heterocycles. The van der Waals surface area contributed by atoms with Gasteiger partial charge in [0.2, 0.25) is 0 Å². The molecule has 3 heterocycles. The summed E-state index contributed by atoms with van der Waals surface area (Å²) < 4.78 is 11.9. The lowest BCUT2D eigenvalue weighted by atomic mass is 10.0.